The summed E-state index contributed by atoms with van der Waals surface area (Å²) >= 11 is 0. The SMILES string of the molecule is Cc1cc(CC2CCC(C3CCC(C)CC3)CC2)cc(C)c1C. The van der Waals surface area contributed by atoms with E-state index in [1.807, 2.05) is 0 Å². The molecule has 2 saturated carbocycles. The van der Waals surface area contributed by atoms with E-state index in [1.165, 1.54) is 74.5 Å². The molecule has 0 N–H and O–H groups in total. The third-order valence-electron chi connectivity index (χ3n) is 7.13. The normalized spacial score (nSPS) is 32.0. The molecular weight excluding hydrogens is 276 g/mol. The minimum absolute atomic E-state index is 0.940. The Morgan fingerprint density at radius 2 is 1.22 bits per heavy atom. The van der Waals surface area contributed by atoms with Gasteiger partial charge in [-0.15, -0.1) is 0 Å². The van der Waals surface area contributed by atoms with Crippen molar-refractivity contribution in [1.82, 2.24) is 0 Å². The van der Waals surface area contributed by atoms with Crippen LogP contribution in [-0.4, -0.2) is 0 Å². The Morgan fingerprint density at radius 1 is 0.739 bits per heavy atom. The van der Waals surface area contributed by atoms with Gasteiger partial charge >= 0.3 is 0 Å². The van der Waals surface area contributed by atoms with E-state index < -0.39 is 0 Å². The Kier molecular flexibility index (Phi) is 5.49. The largest absolute Gasteiger partial charge is 0.0625 e. The number of hydrogen-bond donors (Lipinski definition) is 0. The first-order chi connectivity index (χ1) is 11.0. The van der Waals surface area contributed by atoms with Crippen molar-refractivity contribution in [3.05, 3.63) is 34.4 Å². The second-order valence-corrected chi connectivity index (χ2v) is 8.86. The van der Waals surface area contributed by atoms with Gasteiger partial charge < -0.3 is 0 Å². The van der Waals surface area contributed by atoms with Gasteiger partial charge in [-0.1, -0.05) is 31.9 Å². The summed E-state index contributed by atoms with van der Waals surface area (Å²) in [6.07, 6.45) is 13.3. The van der Waals surface area contributed by atoms with Crippen LogP contribution in [-0.2, 0) is 6.42 Å². The quantitative estimate of drug-likeness (QED) is 0.576. The molecule has 0 radical (unpaired) electrons. The molecule has 0 nitrogen and oxygen atoms in total. The number of rotatable bonds is 3. The Balaban J connectivity index is 1.51. The molecule has 0 heterocycles. The number of hydrogen-bond acceptors (Lipinski definition) is 0. The standard InChI is InChI=1S/C23H36/c1-16-5-9-22(10-6-16)23-11-7-20(8-12-23)15-21-13-17(2)19(4)18(3)14-21/h13-14,16,20,22-23H,5-12,15H2,1-4H3. The highest BCUT2D eigenvalue weighted by molar-refractivity contribution is 5.37. The van der Waals surface area contributed by atoms with E-state index in [2.05, 4.69) is 39.8 Å². The van der Waals surface area contributed by atoms with Gasteiger partial charge in [-0.2, -0.15) is 0 Å². The Bertz CT molecular complexity index is 488. The van der Waals surface area contributed by atoms with Gasteiger partial charge in [0.1, 0.15) is 0 Å². The molecule has 23 heavy (non-hydrogen) atoms. The predicted octanol–water partition coefficient (Wildman–Crippen LogP) is 6.79. The highest BCUT2D eigenvalue weighted by Gasteiger charge is 2.29. The van der Waals surface area contributed by atoms with E-state index in [9.17, 15) is 0 Å². The van der Waals surface area contributed by atoms with Crippen LogP contribution < -0.4 is 0 Å². The van der Waals surface area contributed by atoms with Crippen LogP contribution in [0.1, 0.15) is 80.5 Å². The molecule has 1 aromatic rings. The van der Waals surface area contributed by atoms with Gasteiger partial charge in [-0.3, -0.25) is 0 Å². The zero-order valence-corrected chi connectivity index (χ0v) is 15.8. The van der Waals surface area contributed by atoms with Crippen LogP contribution in [0.3, 0.4) is 0 Å². The second-order valence-electron chi connectivity index (χ2n) is 8.86. The van der Waals surface area contributed by atoms with E-state index in [-0.39, 0.29) is 0 Å². The molecule has 0 bridgehead atoms. The molecule has 2 aliphatic rings. The van der Waals surface area contributed by atoms with E-state index in [4.69, 9.17) is 0 Å². The smallest absolute Gasteiger partial charge is 0.0250 e. The van der Waals surface area contributed by atoms with Gasteiger partial charge in [0.2, 0.25) is 0 Å². The van der Waals surface area contributed by atoms with Crippen LogP contribution in [0, 0.1) is 44.4 Å². The molecule has 0 unspecified atom stereocenters. The van der Waals surface area contributed by atoms with Gasteiger partial charge in [0, 0.05) is 0 Å². The maximum atomic E-state index is 2.44. The van der Waals surface area contributed by atoms with Crippen molar-refractivity contribution in [2.45, 2.75) is 85.5 Å². The van der Waals surface area contributed by atoms with E-state index in [0.29, 0.717) is 0 Å². The first kappa shape index (κ1) is 17.1. The molecular formula is C23H36. The first-order valence-corrected chi connectivity index (χ1v) is 10.1. The number of benzene rings is 1. The lowest BCUT2D eigenvalue weighted by Gasteiger charge is -2.37. The first-order valence-electron chi connectivity index (χ1n) is 10.1. The van der Waals surface area contributed by atoms with Crippen molar-refractivity contribution in [2.75, 3.05) is 0 Å². The summed E-state index contributed by atoms with van der Waals surface area (Å²) in [5, 5.41) is 0. The molecule has 0 saturated heterocycles. The fourth-order valence-corrected chi connectivity index (χ4v) is 5.20. The maximum Gasteiger partial charge on any atom is -0.0250 e. The van der Waals surface area contributed by atoms with Crippen LogP contribution >= 0.6 is 0 Å². The topological polar surface area (TPSA) is 0 Å². The maximum absolute atomic E-state index is 2.44. The van der Waals surface area contributed by atoms with Gasteiger partial charge in [0.05, 0.1) is 0 Å². The van der Waals surface area contributed by atoms with Gasteiger partial charge in [0.15, 0.2) is 0 Å². The van der Waals surface area contributed by atoms with Crippen molar-refractivity contribution in [3.63, 3.8) is 0 Å². The summed E-state index contributed by atoms with van der Waals surface area (Å²) in [5.74, 6) is 4.06. The van der Waals surface area contributed by atoms with Crippen molar-refractivity contribution >= 4 is 0 Å². The van der Waals surface area contributed by atoms with Crippen LogP contribution in [0.2, 0.25) is 0 Å². The average Bonchev–Trinajstić information content (AvgIpc) is 2.54. The third-order valence-corrected chi connectivity index (χ3v) is 7.13. The van der Waals surface area contributed by atoms with Gasteiger partial charge in [0.25, 0.3) is 0 Å². The summed E-state index contributed by atoms with van der Waals surface area (Å²) in [7, 11) is 0. The van der Waals surface area contributed by atoms with Gasteiger partial charge in [-0.25, -0.2) is 0 Å². The Hall–Kier alpha value is -0.780. The third kappa shape index (κ3) is 4.20. The fourth-order valence-electron chi connectivity index (χ4n) is 5.20. The minimum Gasteiger partial charge on any atom is -0.0625 e. The number of aryl methyl sites for hydroxylation is 2. The lowest BCUT2D eigenvalue weighted by atomic mass is 9.69. The van der Waals surface area contributed by atoms with Crippen LogP contribution in [0.25, 0.3) is 0 Å². The average molecular weight is 313 g/mol. The minimum atomic E-state index is 0.940. The van der Waals surface area contributed by atoms with E-state index in [1.54, 1.807) is 5.56 Å². The lowest BCUT2D eigenvalue weighted by molar-refractivity contribution is 0.150. The van der Waals surface area contributed by atoms with Gasteiger partial charge in [-0.05, 0) is 112 Å². The summed E-state index contributed by atoms with van der Waals surface area (Å²) < 4.78 is 0. The summed E-state index contributed by atoms with van der Waals surface area (Å²) in [6.45, 7) is 9.24. The lowest BCUT2D eigenvalue weighted by Crippen LogP contribution is -2.25. The molecule has 0 amide bonds. The van der Waals surface area contributed by atoms with Crippen molar-refractivity contribution in [3.8, 4) is 0 Å². The molecule has 0 aliphatic heterocycles. The molecule has 128 valence electrons. The van der Waals surface area contributed by atoms with Crippen molar-refractivity contribution in [2.24, 2.45) is 23.7 Å². The van der Waals surface area contributed by atoms with Crippen LogP contribution in [0.5, 0.6) is 0 Å². The summed E-state index contributed by atoms with van der Waals surface area (Å²) in [6, 6.07) is 4.88. The predicted molar refractivity (Wildman–Crippen MR) is 101 cm³/mol. The molecule has 0 heteroatoms. The zero-order valence-electron chi connectivity index (χ0n) is 15.8. The van der Waals surface area contributed by atoms with Crippen LogP contribution in [0.4, 0.5) is 0 Å². The Labute approximate surface area is 144 Å². The van der Waals surface area contributed by atoms with E-state index in [0.717, 1.165) is 23.7 Å². The van der Waals surface area contributed by atoms with Crippen molar-refractivity contribution < 1.29 is 0 Å². The van der Waals surface area contributed by atoms with Crippen molar-refractivity contribution in [1.29, 1.82) is 0 Å². The molecule has 0 spiro atoms. The highest BCUT2D eigenvalue weighted by Crippen LogP contribution is 2.41. The molecule has 2 aliphatic carbocycles. The molecule has 0 aromatic heterocycles. The van der Waals surface area contributed by atoms with E-state index >= 15 is 0 Å². The summed E-state index contributed by atoms with van der Waals surface area (Å²) in [5.41, 5.74) is 6.01. The fraction of sp³-hybridized carbons (Fsp3) is 0.739. The monoisotopic (exact) mass is 312 g/mol. The molecule has 3 rings (SSSR count). The molecule has 0 atom stereocenters. The molecule has 1 aromatic carbocycles. The highest BCUT2D eigenvalue weighted by atomic mass is 14.3. The second kappa shape index (κ2) is 7.41. The summed E-state index contributed by atoms with van der Waals surface area (Å²) in [4.78, 5) is 0. The Morgan fingerprint density at radius 3 is 1.74 bits per heavy atom. The zero-order chi connectivity index (χ0) is 16.4. The molecule has 2 fully saturated rings. The van der Waals surface area contributed by atoms with Crippen LogP contribution in [0.15, 0.2) is 12.1 Å².